The smallest absolute Gasteiger partial charge is 0.0575 e. The molecule has 0 aromatic heterocycles. The second-order valence-electron chi connectivity index (χ2n) is 8.92. The first-order valence-electron chi connectivity index (χ1n) is 10.2. The van der Waals surface area contributed by atoms with Crippen molar-refractivity contribution < 1.29 is 0 Å². The molecule has 1 aliphatic rings. The quantitative estimate of drug-likeness (QED) is 0.644. The SMILES string of the molecule is Cc1cc(C)c(NC(C)(C)c2ccccc2C2=C(CN(C)C)C=CC2)c(C)c1. The molecule has 1 N–H and O–H groups in total. The molecule has 28 heavy (non-hydrogen) atoms. The summed E-state index contributed by atoms with van der Waals surface area (Å²) < 4.78 is 0. The van der Waals surface area contributed by atoms with E-state index in [1.165, 1.54) is 44.7 Å². The van der Waals surface area contributed by atoms with E-state index in [9.17, 15) is 0 Å². The van der Waals surface area contributed by atoms with E-state index >= 15 is 0 Å². The van der Waals surface area contributed by atoms with Crippen LogP contribution in [0.15, 0.2) is 54.1 Å². The van der Waals surface area contributed by atoms with Crippen molar-refractivity contribution in [2.75, 3.05) is 26.0 Å². The molecule has 0 fully saturated rings. The summed E-state index contributed by atoms with van der Waals surface area (Å²) in [5, 5.41) is 3.86. The Labute approximate surface area is 171 Å². The van der Waals surface area contributed by atoms with Gasteiger partial charge in [-0.3, -0.25) is 0 Å². The summed E-state index contributed by atoms with van der Waals surface area (Å²) in [5.74, 6) is 0. The molecule has 0 unspecified atom stereocenters. The Morgan fingerprint density at radius 3 is 2.29 bits per heavy atom. The fraction of sp³-hybridized carbons (Fsp3) is 0.385. The van der Waals surface area contributed by atoms with E-state index in [0.717, 1.165) is 13.0 Å². The normalized spacial score (nSPS) is 14.3. The van der Waals surface area contributed by atoms with Crippen molar-refractivity contribution in [1.82, 2.24) is 4.90 Å². The lowest BCUT2D eigenvalue weighted by Gasteiger charge is -2.33. The average molecular weight is 375 g/mol. The van der Waals surface area contributed by atoms with Crippen LogP contribution < -0.4 is 5.32 Å². The van der Waals surface area contributed by atoms with E-state index in [2.05, 4.69) is 107 Å². The lowest BCUT2D eigenvalue weighted by molar-refractivity contribution is 0.449. The molecule has 0 aliphatic heterocycles. The maximum atomic E-state index is 3.86. The van der Waals surface area contributed by atoms with Crippen LogP contribution in [0.2, 0.25) is 0 Å². The van der Waals surface area contributed by atoms with E-state index in [4.69, 9.17) is 0 Å². The number of nitrogens with one attached hydrogen (secondary N) is 1. The summed E-state index contributed by atoms with van der Waals surface area (Å²) >= 11 is 0. The number of hydrogen-bond acceptors (Lipinski definition) is 2. The number of rotatable bonds is 6. The zero-order valence-corrected chi connectivity index (χ0v) is 18.5. The van der Waals surface area contributed by atoms with Crippen molar-refractivity contribution in [2.45, 2.75) is 46.6 Å². The minimum atomic E-state index is -0.180. The van der Waals surface area contributed by atoms with Gasteiger partial charge in [-0.05, 0) is 88.5 Å². The second kappa shape index (κ2) is 7.97. The largest absolute Gasteiger partial charge is 0.376 e. The van der Waals surface area contributed by atoms with Crippen molar-refractivity contribution in [2.24, 2.45) is 0 Å². The van der Waals surface area contributed by atoms with E-state index in [0.29, 0.717) is 0 Å². The van der Waals surface area contributed by atoms with Crippen LogP contribution in [0, 0.1) is 20.8 Å². The van der Waals surface area contributed by atoms with Crippen LogP contribution in [0.4, 0.5) is 5.69 Å². The second-order valence-corrected chi connectivity index (χ2v) is 8.92. The van der Waals surface area contributed by atoms with E-state index in [-0.39, 0.29) is 5.54 Å². The summed E-state index contributed by atoms with van der Waals surface area (Å²) in [4.78, 5) is 2.25. The Hall–Kier alpha value is -2.32. The third kappa shape index (κ3) is 4.23. The van der Waals surface area contributed by atoms with Gasteiger partial charge >= 0.3 is 0 Å². The third-order valence-corrected chi connectivity index (χ3v) is 5.56. The minimum Gasteiger partial charge on any atom is -0.376 e. The molecular weight excluding hydrogens is 340 g/mol. The van der Waals surface area contributed by atoms with Crippen LogP contribution in [-0.2, 0) is 5.54 Å². The van der Waals surface area contributed by atoms with Gasteiger partial charge in [-0.25, -0.2) is 0 Å². The number of allylic oxidation sites excluding steroid dienone is 2. The maximum absolute atomic E-state index is 3.86. The first kappa shape index (κ1) is 20.4. The van der Waals surface area contributed by atoms with E-state index in [1.807, 2.05) is 0 Å². The molecule has 2 aromatic carbocycles. The predicted molar refractivity (Wildman–Crippen MR) is 123 cm³/mol. The fourth-order valence-electron chi connectivity index (χ4n) is 4.37. The Morgan fingerprint density at radius 2 is 1.64 bits per heavy atom. The van der Waals surface area contributed by atoms with Gasteiger partial charge in [-0.15, -0.1) is 0 Å². The maximum Gasteiger partial charge on any atom is 0.0575 e. The first-order chi connectivity index (χ1) is 13.2. The topological polar surface area (TPSA) is 15.3 Å². The molecule has 2 heteroatoms. The molecule has 148 valence electrons. The van der Waals surface area contributed by atoms with Crippen LogP contribution in [0.5, 0.6) is 0 Å². The Balaban J connectivity index is 2.03. The van der Waals surface area contributed by atoms with Crippen LogP contribution in [0.25, 0.3) is 5.57 Å². The van der Waals surface area contributed by atoms with Crippen LogP contribution in [-0.4, -0.2) is 25.5 Å². The van der Waals surface area contributed by atoms with Crippen LogP contribution in [0.1, 0.15) is 48.1 Å². The highest BCUT2D eigenvalue weighted by atomic mass is 15.0. The highest BCUT2D eigenvalue weighted by Crippen LogP contribution is 2.38. The lowest BCUT2D eigenvalue weighted by atomic mass is 9.85. The molecule has 3 rings (SSSR count). The van der Waals surface area contributed by atoms with Gasteiger partial charge in [0, 0.05) is 12.2 Å². The minimum absolute atomic E-state index is 0.180. The van der Waals surface area contributed by atoms with Gasteiger partial charge < -0.3 is 10.2 Å². The van der Waals surface area contributed by atoms with Crippen LogP contribution in [0.3, 0.4) is 0 Å². The number of nitrogens with zero attached hydrogens (tertiary/aromatic N) is 1. The highest BCUT2D eigenvalue weighted by molar-refractivity contribution is 5.78. The third-order valence-electron chi connectivity index (χ3n) is 5.56. The zero-order chi connectivity index (χ0) is 20.5. The molecule has 1 aliphatic carbocycles. The summed E-state index contributed by atoms with van der Waals surface area (Å²) in [6, 6.07) is 13.4. The van der Waals surface area contributed by atoms with Crippen molar-refractivity contribution in [3.05, 3.63) is 81.9 Å². The highest BCUT2D eigenvalue weighted by Gasteiger charge is 2.27. The molecule has 0 atom stereocenters. The number of aryl methyl sites for hydroxylation is 3. The Kier molecular flexibility index (Phi) is 5.81. The van der Waals surface area contributed by atoms with Gasteiger partial charge in [0.1, 0.15) is 0 Å². The molecule has 2 aromatic rings. The molecule has 0 amide bonds. The van der Waals surface area contributed by atoms with Crippen molar-refractivity contribution in [1.29, 1.82) is 0 Å². The van der Waals surface area contributed by atoms with Crippen molar-refractivity contribution in [3.8, 4) is 0 Å². The summed E-state index contributed by atoms with van der Waals surface area (Å²) in [6.07, 6.45) is 5.60. The monoisotopic (exact) mass is 374 g/mol. The predicted octanol–water partition coefficient (Wildman–Crippen LogP) is 6.23. The molecule has 0 saturated carbocycles. The van der Waals surface area contributed by atoms with Gasteiger partial charge in [0.15, 0.2) is 0 Å². The van der Waals surface area contributed by atoms with E-state index < -0.39 is 0 Å². The Bertz CT molecular complexity index is 906. The molecule has 0 bridgehead atoms. The standard InChI is InChI=1S/C26H34N2/c1-18-15-19(2)25(20(3)16-18)27-26(4,5)24-14-9-8-12-23(24)22-13-10-11-21(22)17-28(6)7/h8-12,14-16,27H,13,17H2,1-7H3. The van der Waals surface area contributed by atoms with Crippen LogP contribution >= 0.6 is 0 Å². The summed E-state index contributed by atoms with van der Waals surface area (Å²) in [7, 11) is 4.27. The lowest BCUT2D eigenvalue weighted by Crippen LogP contribution is -2.30. The van der Waals surface area contributed by atoms with E-state index in [1.54, 1.807) is 0 Å². The zero-order valence-electron chi connectivity index (χ0n) is 18.5. The summed E-state index contributed by atoms with van der Waals surface area (Å²) in [6.45, 7) is 12.1. The molecule has 0 heterocycles. The van der Waals surface area contributed by atoms with Gasteiger partial charge in [0.2, 0.25) is 0 Å². The molecule has 2 nitrogen and oxygen atoms in total. The molecule has 0 radical (unpaired) electrons. The summed E-state index contributed by atoms with van der Waals surface area (Å²) in [5.41, 5.74) is 10.6. The number of likely N-dealkylation sites (N-methyl/N-ethyl adjacent to an activating group) is 1. The van der Waals surface area contributed by atoms with Gasteiger partial charge in [0.05, 0.1) is 5.54 Å². The molecular formula is C26H34N2. The van der Waals surface area contributed by atoms with Gasteiger partial charge in [0.25, 0.3) is 0 Å². The fourth-order valence-corrected chi connectivity index (χ4v) is 4.37. The number of hydrogen-bond donors (Lipinski definition) is 1. The van der Waals surface area contributed by atoms with Gasteiger partial charge in [-0.1, -0.05) is 54.1 Å². The average Bonchev–Trinajstić information content (AvgIpc) is 3.05. The molecule has 0 saturated heterocycles. The molecule has 0 spiro atoms. The number of anilines is 1. The first-order valence-corrected chi connectivity index (χ1v) is 10.2. The Morgan fingerprint density at radius 1 is 1.00 bits per heavy atom. The van der Waals surface area contributed by atoms with Crippen molar-refractivity contribution >= 4 is 11.3 Å². The van der Waals surface area contributed by atoms with Crippen molar-refractivity contribution in [3.63, 3.8) is 0 Å². The number of benzene rings is 2. The van der Waals surface area contributed by atoms with Gasteiger partial charge in [-0.2, -0.15) is 0 Å².